The van der Waals surface area contributed by atoms with E-state index in [1.807, 2.05) is 25.1 Å². The van der Waals surface area contributed by atoms with Crippen LogP contribution in [0.4, 0.5) is 0 Å². The van der Waals surface area contributed by atoms with Gasteiger partial charge in [0.25, 0.3) is 0 Å². The molecular formula is C11H10O2. The molecule has 0 N–H and O–H groups in total. The fraction of sp³-hybridized carbons (Fsp3) is 0.182. The minimum absolute atomic E-state index is 0.428. The lowest BCUT2D eigenvalue weighted by atomic mass is 10.1. The van der Waals surface area contributed by atoms with E-state index in [9.17, 15) is 4.79 Å². The number of benzene rings is 1. The highest BCUT2D eigenvalue weighted by molar-refractivity contribution is 5.86. The predicted molar refractivity (Wildman–Crippen MR) is 50.7 cm³/mol. The minimum atomic E-state index is 0.428. The summed E-state index contributed by atoms with van der Waals surface area (Å²) in [6.45, 7) is 2.02. The van der Waals surface area contributed by atoms with Crippen LogP contribution >= 0.6 is 0 Å². The van der Waals surface area contributed by atoms with Crippen molar-refractivity contribution >= 4 is 17.3 Å². The SMILES string of the molecule is Cc1cccc2occ(CC=O)c12. The summed E-state index contributed by atoms with van der Waals surface area (Å²) in [4.78, 5) is 10.4. The third-order valence-corrected chi connectivity index (χ3v) is 2.19. The van der Waals surface area contributed by atoms with Gasteiger partial charge in [-0.05, 0) is 18.6 Å². The van der Waals surface area contributed by atoms with Crippen molar-refractivity contribution in [3.8, 4) is 0 Å². The third kappa shape index (κ3) is 1.24. The average Bonchev–Trinajstić information content (AvgIpc) is 2.51. The average molecular weight is 174 g/mol. The van der Waals surface area contributed by atoms with Gasteiger partial charge in [-0.3, -0.25) is 0 Å². The van der Waals surface area contributed by atoms with E-state index in [2.05, 4.69) is 0 Å². The van der Waals surface area contributed by atoms with Crippen LogP contribution in [0.2, 0.25) is 0 Å². The van der Waals surface area contributed by atoms with Crippen LogP contribution in [0, 0.1) is 6.92 Å². The van der Waals surface area contributed by atoms with Crippen LogP contribution in [-0.4, -0.2) is 6.29 Å². The van der Waals surface area contributed by atoms with Crippen molar-refractivity contribution in [2.45, 2.75) is 13.3 Å². The number of aryl methyl sites for hydroxylation is 1. The summed E-state index contributed by atoms with van der Waals surface area (Å²) in [6, 6.07) is 5.88. The molecule has 0 fully saturated rings. The maximum absolute atomic E-state index is 10.4. The number of hydrogen-bond acceptors (Lipinski definition) is 2. The van der Waals surface area contributed by atoms with Gasteiger partial charge in [0.1, 0.15) is 11.9 Å². The number of aldehydes is 1. The second-order valence-corrected chi connectivity index (χ2v) is 3.08. The van der Waals surface area contributed by atoms with Crippen molar-refractivity contribution in [2.75, 3.05) is 0 Å². The summed E-state index contributed by atoms with van der Waals surface area (Å²) >= 11 is 0. The maximum Gasteiger partial charge on any atom is 0.134 e. The van der Waals surface area contributed by atoms with Crippen molar-refractivity contribution in [1.82, 2.24) is 0 Å². The van der Waals surface area contributed by atoms with Crippen molar-refractivity contribution in [1.29, 1.82) is 0 Å². The molecular weight excluding hydrogens is 164 g/mol. The number of hydrogen-bond donors (Lipinski definition) is 0. The van der Waals surface area contributed by atoms with Gasteiger partial charge in [-0.2, -0.15) is 0 Å². The van der Waals surface area contributed by atoms with Gasteiger partial charge >= 0.3 is 0 Å². The Labute approximate surface area is 76.2 Å². The summed E-state index contributed by atoms with van der Waals surface area (Å²) in [7, 11) is 0. The molecule has 1 aromatic carbocycles. The quantitative estimate of drug-likeness (QED) is 0.655. The molecule has 0 unspecified atom stereocenters. The number of furan rings is 1. The summed E-state index contributed by atoms with van der Waals surface area (Å²) in [5.41, 5.74) is 2.99. The summed E-state index contributed by atoms with van der Waals surface area (Å²) in [6.07, 6.45) is 2.99. The molecule has 0 aliphatic rings. The van der Waals surface area contributed by atoms with Crippen LogP contribution in [0.3, 0.4) is 0 Å². The summed E-state index contributed by atoms with van der Waals surface area (Å²) in [5.74, 6) is 0. The molecule has 0 aliphatic carbocycles. The van der Waals surface area contributed by atoms with E-state index in [1.165, 1.54) is 0 Å². The van der Waals surface area contributed by atoms with Crippen molar-refractivity contribution in [3.63, 3.8) is 0 Å². The second-order valence-electron chi connectivity index (χ2n) is 3.08. The highest BCUT2D eigenvalue weighted by atomic mass is 16.3. The molecule has 1 aromatic heterocycles. The van der Waals surface area contributed by atoms with Crippen molar-refractivity contribution in [3.05, 3.63) is 35.6 Å². The molecule has 66 valence electrons. The Morgan fingerprint density at radius 3 is 3.08 bits per heavy atom. The molecule has 0 aliphatic heterocycles. The first-order valence-electron chi connectivity index (χ1n) is 4.22. The molecule has 0 radical (unpaired) electrons. The van der Waals surface area contributed by atoms with Crippen molar-refractivity contribution in [2.24, 2.45) is 0 Å². The van der Waals surface area contributed by atoms with Gasteiger partial charge in [0, 0.05) is 17.4 Å². The largest absolute Gasteiger partial charge is 0.464 e. The Morgan fingerprint density at radius 2 is 2.31 bits per heavy atom. The molecule has 13 heavy (non-hydrogen) atoms. The van der Waals surface area contributed by atoms with Crippen molar-refractivity contribution < 1.29 is 9.21 Å². The van der Waals surface area contributed by atoms with Crippen LogP contribution in [-0.2, 0) is 11.2 Å². The molecule has 0 amide bonds. The zero-order chi connectivity index (χ0) is 9.26. The van der Waals surface area contributed by atoms with Gasteiger partial charge in [0.2, 0.25) is 0 Å². The van der Waals surface area contributed by atoms with E-state index < -0.39 is 0 Å². The lowest BCUT2D eigenvalue weighted by molar-refractivity contribution is -0.107. The molecule has 2 nitrogen and oxygen atoms in total. The van der Waals surface area contributed by atoms with Gasteiger partial charge in [0.05, 0.1) is 6.26 Å². The molecule has 1 heterocycles. The van der Waals surface area contributed by atoms with E-state index in [4.69, 9.17) is 4.42 Å². The highest BCUT2D eigenvalue weighted by Crippen LogP contribution is 2.24. The number of rotatable bonds is 2. The Morgan fingerprint density at radius 1 is 1.46 bits per heavy atom. The number of carbonyl (C=O) groups is 1. The van der Waals surface area contributed by atoms with E-state index in [0.29, 0.717) is 6.42 Å². The first-order valence-corrected chi connectivity index (χ1v) is 4.22. The molecule has 2 heteroatoms. The van der Waals surface area contributed by atoms with Gasteiger partial charge in [0.15, 0.2) is 0 Å². The Bertz CT molecular complexity index is 440. The van der Waals surface area contributed by atoms with E-state index in [0.717, 1.165) is 28.4 Å². The monoisotopic (exact) mass is 174 g/mol. The predicted octanol–water partition coefficient (Wildman–Crippen LogP) is 2.48. The minimum Gasteiger partial charge on any atom is -0.464 e. The maximum atomic E-state index is 10.4. The smallest absolute Gasteiger partial charge is 0.134 e. The van der Waals surface area contributed by atoms with E-state index in [1.54, 1.807) is 6.26 Å². The van der Waals surface area contributed by atoms with Crippen LogP contribution in [0.25, 0.3) is 11.0 Å². The van der Waals surface area contributed by atoms with Crippen LogP contribution in [0.5, 0.6) is 0 Å². The zero-order valence-corrected chi connectivity index (χ0v) is 7.41. The Kier molecular flexibility index (Phi) is 1.89. The molecule has 0 atom stereocenters. The standard InChI is InChI=1S/C11H10O2/c1-8-3-2-4-10-11(8)9(5-6-12)7-13-10/h2-4,6-7H,5H2,1H3. The molecule has 2 rings (SSSR count). The van der Waals surface area contributed by atoms with Gasteiger partial charge in [-0.15, -0.1) is 0 Å². The first-order chi connectivity index (χ1) is 6.33. The molecule has 0 saturated carbocycles. The first kappa shape index (κ1) is 8.05. The van der Waals surface area contributed by atoms with Gasteiger partial charge in [-0.1, -0.05) is 12.1 Å². The zero-order valence-electron chi connectivity index (χ0n) is 7.41. The fourth-order valence-corrected chi connectivity index (χ4v) is 1.58. The topological polar surface area (TPSA) is 30.2 Å². The van der Waals surface area contributed by atoms with E-state index >= 15 is 0 Å². The summed E-state index contributed by atoms with van der Waals surface area (Å²) in [5, 5.41) is 1.08. The van der Waals surface area contributed by atoms with Gasteiger partial charge < -0.3 is 9.21 Å². The third-order valence-electron chi connectivity index (χ3n) is 2.19. The van der Waals surface area contributed by atoms with Crippen LogP contribution in [0.15, 0.2) is 28.9 Å². The normalized spacial score (nSPS) is 10.5. The summed E-state index contributed by atoms with van der Waals surface area (Å²) < 4.78 is 5.32. The number of carbonyl (C=O) groups excluding carboxylic acids is 1. The molecule has 0 bridgehead atoms. The molecule has 0 spiro atoms. The fourth-order valence-electron chi connectivity index (χ4n) is 1.58. The van der Waals surface area contributed by atoms with E-state index in [-0.39, 0.29) is 0 Å². The Hall–Kier alpha value is -1.57. The highest BCUT2D eigenvalue weighted by Gasteiger charge is 2.06. The molecule has 0 saturated heterocycles. The molecule has 2 aromatic rings. The lowest BCUT2D eigenvalue weighted by Crippen LogP contribution is -1.84. The Balaban J connectivity index is 2.70. The number of fused-ring (bicyclic) bond motifs is 1. The van der Waals surface area contributed by atoms with Crippen LogP contribution in [0.1, 0.15) is 11.1 Å². The second kappa shape index (κ2) is 3.05. The van der Waals surface area contributed by atoms with Crippen LogP contribution < -0.4 is 0 Å². The lowest BCUT2D eigenvalue weighted by Gasteiger charge is -1.95. The van der Waals surface area contributed by atoms with Gasteiger partial charge in [-0.25, -0.2) is 0 Å².